The molecule has 1 saturated carbocycles. The largest absolute Gasteiger partial charge is 0.346 e. The van der Waals surface area contributed by atoms with Gasteiger partial charge in [-0.1, -0.05) is 6.07 Å². The summed E-state index contributed by atoms with van der Waals surface area (Å²) in [7, 11) is 1.87. The molecule has 1 fully saturated rings. The van der Waals surface area contributed by atoms with Crippen LogP contribution in [-0.2, 0) is 13.6 Å². The maximum Gasteiger partial charge on any atom is 0.252 e. The molecule has 1 aliphatic rings. The molecule has 128 valence electrons. The fourth-order valence-corrected chi connectivity index (χ4v) is 3.20. The van der Waals surface area contributed by atoms with Crippen LogP contribution in [0.3, 0.4) is 0 Å². The number of aromatic nitrogens is 4. The van der Waals surface area contributed by atoms with E-state index in [1.807, 2.05) is 45.2 Å². The summed E-state index contributed by atoms with van der Waals surface area (Å²) < 4.78 is 1.76. The minimum absolute atomic E-state index is 0.103. The average Bonchev–Trinajstić information content (AvgIpc) is 3.39. The number of nitrogens with one attached hydrogen (secondary N) is 1. The van der Waals surface area contributed by atoms with E-state index in [1.54, 1.807) is 4.68 Å². The topological polar surface area (TPSA) is 72.7 Å². The van der Waals surface area contributed by atoms with Crippen molar-refractivity contribution < 1.29 is 4.79 Å². The Balaban J connectivity index is 1.68. The molecule has 0 unspecified atom stereocenters. The van der Waals surface area contributed by atoms with Crippen molar-refractivity contribution in [2.75, 3.05) is 0 Å². The van der Waals surface area contributed by atoms with Gasteiger partial charge in [0.05, 0.1) is 28.9 Å². The molecule has 4 rings (SSSR count). The Kier molecular flexibility index (Phi) is 3.75. The number of nitrogens with zero attached hydrogens (tertiary/aromatic N) is 4. The second-order valence-corrected chi connectivity index (χ2v) is 6.73. The number of hydrogen-bond donors (Lipinski definition) is 1. The zero-order valence-electron chi connectivity index (χ0n) is 14.7. The van der Waals surface area contributed by atoms with Gasteiger partial charge in [-0.2, -0.15) is 5.10 Å². The fourth-order valence-electron chi connectivity index (χ4n) is 3.20. The zero-order valence-corrected chi connectivity index (χ0v) is 14.7. The van der Waals surface area contributed by atoms with Gasteiger partial charge < -0.3 is 5.32 Å². The van der Waals surface area contributed by atoms with Crippen molar-refractivity contribution in [2.24, 2.45) is 7.05 Å². The van der Waals surface area contributed by atoms with E-state index >= 15 is 0 Å². The molecule has 0 radical (unpaired) electrons. The van der Waals surface area contributed by atoms with Crippen LogP contribution in [0.1, 0.15) is 51.9 Å². The van der Waals surface area contributed by atoms with Crippen molar-refractivity contribution in [3.63, 3.8) is 0 Å². The van der Waals surface area contributed by atoms with Gasteiger partial charge in [-0.15, -0.1) is 0 Å². The van der Waals surface area contributed by atoms with Crippen LogP contribution in [0, 0.1) is 13.8 Å². The van der Waals surface area contributed by atoms with Crippen LogP contribution in [0.4, 0.5) is 0 Å². The van der Waals surface area contributed by atoms with Crippen LogP contribution in [0.25, 0.3) is 11.0 Å². The average molecular weight is 335 g/mol. The van der Waals surface area contributed by atoms with Gasteiger partial charge in [0, 0.05) is 24.4 Å². The summed E-state index contributed by atoms with van der Waals surface area (Å²) in [5, 5.41) is 8.27. The van der Waals surface area contributed by atoms with Gasteiger partial charge in [0.15, 0.2) is 5.65 Å². The van der Waals surface area contributed by atoms with E-state index in [1.165, 1.54) is 0 Å². The maximum absolute atomic E-state index is 12.9. The highest BCUT2D eigenvalue weighted by atomic mass is 16.1. The number of carbonyl (C=O) groups excluding carboxylic acids is 1. The molecule has 3 aromatic rings. The van der Waals surface area contributed by atoms with E-state index in [2.05, 4.69) is 15.4 Å². The summed E-state index contributed by atoms with van der Waals surface area (Å²) >= 11 is 0. The Morgan fingerprint density at radius 3 is 2.80 bits per heavy atom. The summed E-state index contributed by atoms with van der Waals surface area (Å²) in [6, 6.07) is 7.75. The number of fused-ring (bicyclic) bond motifs is 1. The zero-order chi connectivity index (χ0) is 17.6. The number of carbonyl (C=O) groups is 1. The molecule has 0 aromatic carbocycles. The molecule has 25 heavy (non-hydrogen) atoms. The number of hydrogen-bond acceptors (Lipinski definition) is 4. The standard InChI is InChI=1S/C19H21N5O/c1-11-5-4-6-14(21-11)10-20-19(25)15-9-16(13-7-8-13)22-18-17(15)12(2)23-24(18)3/h4-6,9,13H,7-8,10H2,1-3H3,(H,20,25). The lowest BCUT2D eigenvalue weighted by Crippen LogP contribution is -2.24. The molecule has 0 atom stereocenters. The summed E-state index contributed by atoms with van der Waals surface area (Å²) in [6.45, 7) is 4.26. The summed E-state index contributed by atoms with van der Waals surface area (Å²) in [5.74, 6) is 0.373. The van der Waals surface area contributed by atoms with Crippen LogP contribution in [0.5, 0.6) is 0 Å². The molecule has 3 aromatic heterocycles. The van der Waals surface area contributed by atoms with E-state index in [-0.39, 0.29) is 5.91 Å². The Bertz CT molecular complexity index is 971. The first-order valence-electron chi connectivity index (χ1n) is 8.58. The van der Waals surface area contributed by atoms with Gasteiger partial charge in [-0.3, -0.25) is 14.5 Å². The predicted molar refractivity (Wildman–Crippen MR) is 95.4 cm³/mol. The van der Waals surface area contributed by atoms with Crippen LogP contribution in [0.2, 0.25) is 0 Å². The van der Waals surface area contributed by atoms with Gasteiger partial charge in [0.2, 0.25) is 0 Å². The van der Waals surface area contributed by atoms with E-state index in [0.29, 0.717) is 18.0 Å². The highest BCUT2D eigenvalue weighted by Crippen LogP contribution is 2.40. The third kappa shape index (κ3) is 2.99. The smallest absolute Gasteiger partial charge is 0.252 e. The predicted octanol–water partition coefficient (Wildman–Crippen LogP) is 2.79. The third-order valence-corrected chi connectivity index (χ3v) is 4.60. The molecule has 0 saturated heterocycles. The Morgan fingerprint density at radius 2 is 2.08 bits per heavy atom. The maximum atomic E-state index is 12.9. The van der Waals surface area contributed by atoms with E-state index in [4.69, 9.17) is 4.98 Å². The lowest BCUT2D eigenvalue weighted by molar-refractivity contribution is 0.0952. The summed E-state index contributed by atoms with van der Waals surface area (Å²) in [4.78, 5) is 22.0. The molecule has 0 spiro atoms. The Morgan fingerprint density at radius 1 is 1.28 bits per heavy atom. The van der Waals surface area contributed by atoms with E-state index in [0.717, 1.165) is 46.7 Å². The van der Waals surface area contributed by atoms with Crippen molar-refractivity contribution in [3.05, 3.63) is 52.6 Å². The van der Waals surface area contributed by atoms with Gasteiger partial charge in [-0.05, 0) is 44.9 Å². The molecule has 0 bridgehead atoms. The van der Waals surface area contributed by atoms with Crippen LogP contribution in [0.15, 0.2) is 24.3 Å². The van der Waals surface area contributed by atoms with Gasteiger partial charge in [-0.25, -0.2) is 4.98 Å². The minimum atomic E-state index is -0.103. The lowest BCUT2D eigenvalue weighted by Gasteiger charge is -2.09. The molecule has 6 heteroatoms. The SMILES string of the molecule is Cc1cccc(CNC(=O)c2cc(C3CC3)nc3c2c(C)nn3C)n1. The normalized spacial score (nSPS) is 14.0. The number of pyridine rings is 2. The van der Waals surface area contributed by atoms with Crippen LogP contribution >= 0.6 is 0 Å². The Hall–Kier alpha value is -2.76. The van der Waals surface area contributed by atoms with Crippen molar-refractivity contribution in [3.8, 4) is 0 Å². The highest BCUT2D eigenvalue weighted by molar-refractivity contribution is 6.06. The lowest BCUT2D eigenvalue weighted by atomic mass is 10.1. The third-order valence-electron chi connectivity index (χ3n) is 4.60. The van der Waals surface area contributed by atoms with Crippen molar-refractivity contribution in [2.45, 2.75) is 39.2 Å². The second-order valence-electron chi connectivity index (χ2n) is 6.73. The Labute approximate surface area is 146 Å². The molecule has 1 aliphatic carbocycles. The highest BCUT2D eigenvalue weighted by Gasteiger charge is 2.28. The van der Waals surface area contributed by atoms with Crippen molar-refractivity contribution >= 4 is 16.9 Å². The molecule has 3 heterocycles. The van der Waals surface area contributed by atoms with Crippen LogP contribution in [-0.4, -0.2) is 25.7 Å². The molecular formula is C19H21N5O. The fraction of sp³-hybridized carbons (Fsp3) is 0.368. The van der Waals surface area contributed by atoms with Gasteiger partial charge >= 0.3 is 0 Å². The van der Waals surface area contributed by atoms with E-state index in [9.17, 15) is 4.79 Å². The summed E-state index contributed by atoms with van der Waals surface area (Å²) in [5.41, 5.74) is 5.05. The second kappa shape index (κ2) is 5.95. The number of aryl methyl sites for hydroxylation is 3. The van der Waals surface area contributed by atoms with Crippen LogP contribution < -0.4 is 5.32 Å². The van der Waals surface area contributed by atoms with Gasteiger partial charge in [0.25, 0.3) is 5.91 Å². The van der Waals surface area contributed by atoms with Crippen molar-refractivity contribution in [1.82, 2.24) is 25.1 Å². The molecule has 6 nitrogen and oxygen atoms in total. The quantitative estimate of drug-likeness (QED) is 0.796. The number of amides is 1. The monoisotopic (exact) mass is 335 g/mol. The first-order chi connectivity index (χ1) is 12.0. The molecule has 0 aliphatic heterocycles. The summed E-state index contributed by atoms with van der Waals surface area (Å²) in [6.07, 6.45) is 2.28. The first-order valence-corrected chi connectivity index (χ1v) is 8.58. The molecule has 1 N–H and O–H groups in total. The molecular weight excluding hydrogens is 314 g/mol. The minimum Gasteiger partial charge on any atom is -0.346 e. The van der Waals surface area contributed by atoms with Gasteiger partial charge in [0.1, 0.15) is 0 Å². The number of rotatable bonds is 4. The first kappa shape index (κ1) is 15.7. The van der Waals surface area contributed by atoms with Crippen molar-refractivity contribution in [1.29, 1.82) is 0 Å². The van der Waals surface area contributed by atoms with E-state index < -0.39 is 0 Å². The molecule has 1 amide bonds.